The van der Waals surface area contributed by atoms with Crippen LogP contribution in [0.3, 0.4) is 0 Å². The SMILES string of the molecule is c1cc(-c2ccc(-c3ccc(-n4c5ccccc5c5ccccc54)cc3)s2)nc(-c2ccc(-c3ccc(-n4c5ccccc5c5ccccc54)cc3)s2)c1. The molecule has 0 unspecified atom stereocenters. The molecule has 0 aliphatic heterocycles. The first-order valence-electron chi connectivity index (χ1n) is 18.1. The van der Waals surface area contributed by atoms with Gasteiger partial charge in [-0.15, -0.1) is 22.7 Å². The highest BCUT2D eigenvalue weighted by atomic mass is 32.1. The Morgan fingerprint density at radius 1 is 0.296 bits per heavy atom. The van der Waals surface area contributed by atoms with Gasteiger partial charge in [-0.25, -0.2) is 4.98 Å². The Bertz CT molecular complexity index is 2840. The van der Waals surface area contributed by atoms with Crippen molar-refractivity contribution in [1.29, 1.82) is 0 Å². The van der Waals surface area contributed by atoms with Gasteiger partial charge >= 0.3 is 0 Å². The molecule has 0 aliphatic carbocycles. The molecule has 0 spiro atoms. The maximum absolute atomic E-state index is 5.15. The summed E-state index contributed by atoms with van der Waals surface area (Å²) in [5.74, 6) is 0. The molecule has 0 atom stereocenters. The summed E-state index contributed by atoms with van der Waals surface area (Å²) in [5.41, 5.74) is 11.6. The van der Waals surface area contributed by atoms with Crippen LogP contribution in [-0.4, -0.2) is 14.1 Å². The number of fused-ring (bicyclic) bond motifs is 6. The lowest BCUT2D eigenvalue weighted by Crippen LogP contribution is -1.93. The second kappa shape index (κ2) is 12.6. The number of aromatic nitrogens is 3. The molecule has 0 bridgehead atoms. The quantitative estimate of drug-likeness (QED) is 0.167. The Morgan fingerprint density at radius 2 is 0.630 bits per heavy atom. The van der Waals surface area contributed by atoms with Gasteiger partial charge < -0.3 is 9.13 Å². The van der Waals surface area contributed by atoms with Crippen LogP contribution in [0, 0.1) is 0 Å². The third kappa shape index (κ3) is 5.05. The highest BCUT2D eigenvalue weighted by Crippen LogP contribution is 2.39. The predicted molar refractivity (Wildman–Crippen MR) is 230 cm³/mol. The van der Waals surface area contributed by atoms with Crippen molar-refractivity contribution in [1.82, 2.24) is 14.1 Å². The first-order valence-corrected chi connectivity index (χ1v) is 19.8. The van der Waals surface area contributed by atoms with Crippen LogP contribution in [0.4, 0.5) is 0 Å². The van der Waals surface area contributed by atoms with Crippen molar-refractivity contribution in [3.63, 3.8) is 0 Å². The number of nitrogens with zero attached hydrogens (tertiary/aromatic N) is 3. The molecule has 11 aromatic rings. The fourth-order valence-corrected chi connectivity index (χ4v) is 9.88. The Labute approximate surface area is 320 Å². The summed E-state index contributed by atoms with van der Waals surface area (Å²) in [4.78, 5) is 9.94. The van der Waals surface area contributed by atoms with Gasteiger partial charge in [-0.2, -0.15) is 0 Å². The molecule has 54 heavy (non-hydrogen) atoms. The number of benzene rings is 6. The van der Waals surface area contributed by atoms with Crippen LogP contribution in [0.15, 0.2) is 188 Å². The van der Waals surface area contributed by atoms with E-state index in [4.69, 9.17) is 4.98 Å². The lowest BCUT2D eigenvalue weighted by atomic mass is 10.1. The smallest absolute Gasteiger partial charge is 0.0809 e. The lowest BCUT2D eigenvalue weighted by molar-refractivity contribution is 1.18. The summed E-state index contributed by atoms with van der Waals surface area (Å²) in [6.45, 7) is 0. The van der Waals surface area contributed by atoms with E-state index in [-0.39, 0.29) is 0 Å². The van der Waals surface area contributed by atoms with Crippen LogP contribution in [0.1, 0.15) is 0 Å². The molecule has 11 rings (SSSR count). The van der Waals surface area contributed by atoms with Crippen molar-refractivity contribution in [2.24, 2.45) is 0 Å². The van der Waals surface area contributed by atoms with E-state index in [0.717, 1.165) is 32.5 Å². The van der Waals surface area contributed by atoms with Crippen LogP contribution in [0.5, 0.6) is 0 Å². The summed E-state index contributed by atoms with van der Waals surface area (Å²) >= 11 is 3.57. The maximum Gasteiger partial charge on any atom is 0.0809 e. The second-order valence-corrected chi connectivity index (χ2v) is 15.7. The number of hydrogen-bond acceptors (Lipinski definition) is 3. The van der Waals surface area contributed by atoms with Gasteiger partial charge in [-0.1, -0.05) is 103 Å². The first-order chi connectivity index (χ1) is 26.8. The van der Waals surface area contributed by atoms with Crippen LogP contribution in [0.25, 0.3) is 97.0 Å². The fourth-order valence-electron chi connectivity index (χ4n) is 7.92. The molecule has 0 saturated carbocycles. The largest absolute Gasteiger partial charge is 0.309 e. The molecule has 5 aromatic heterocycles. The third-order valence-corrected chi connectivity index (χ3v) is 12.8. The summed E-state index contributed by atoms with van der Waals surface area (Å²) in [7, 11) is 0. The molecule has 6 aromatic carbocycles. The summed E-state index contributed by atoms with van der Waals surface area (Å²) in [6, 6.07) is 67.7. The lowest BCUT2D eigenvalue weighted by Gasteiger charge is -2.08. The molecule has 254 valence electrons. The average Bonchev–Trinajstić information content (AvgIpc) is 4.05. The van der Waals surface area contributed by atoms with Gasteiger partial charge in [0.05, 0.1) is 43.2 Å². The van der Waals surface area contributed by atoms with E-state index in [1.54, 1.807) is 22.7 Å². The minimum absolute atomic E-state index is 0.996. The van der Waals surface area contributed by atoms with Crippen LogP contribution >= 0.6 is 22.7 Å². The van der Waals surface area contributed by atoms with Crippen LogP contribution < -0.4 is 0 Å². The molecule has 0 aliphatic rings. The number of pyridine rings is 1. The summed E-state index contributed by atoms with van der Waals surface area (Å²) in [6.07, 6.45) is 0. The molecule has 0 N–H and O–H groups in total. The van der Waals surface area contributed by atoms with Gasteiger partial charge in [-0.3, -0.25) is 0 Å². The van der Waals surface area contributed by atoms with E-state index in [1.165, 1.54) is 64.5 Å². The molecule has 0 saturated heterocycles. The first kappa shape index (κ1) is 31.0. The third-order valence-electron chi connectivity index (χ3n) is 10.4. The van der Waals surface area contributed by atoms with Crippen molar-refractivity contribution < 1.29 is 0 Å². The topological polar surface area (TPSA) is 22.8 Å². The number of hydrogen-bond donors (Lipinski definition) is 0. The molecular formula is C49H31N3S2. The van der Waals surface area contributed by atoms with Gasteiger partial charge in [0.15, 0.2) is 0 Å². The van der Waals surface area contributed by atoms with E-state index < -0.39 is 0 Å². The molecule has 5 heteroatoms. The Morgan fingerprint density at radius 3 is 1.00 bits per heavy atom. The zero-order chi connectivity index (χ0) is 35.6. The maximum atomic E-state index is 5.15. The van der Waals surface area contributed by atoms with Crippen molar-refractivity contribution in [2.75, 3.05) is 0 Å². The molecule has 3 nitrogen and oxygen atoms in total. The van der Waals surface area contributed by atoms with Crippen molar-refractivity contribution >= 4 is 66.3 Å². The van der Waals surface area contributed by atoms with E-state index >= 15 is 0 Å². The van der Waals surface area contributed by atoms with Crippen molar-refractivity contribution in [3.8, 4) is 53.4 Å². The molecule has 0 fully saturated rings. The average molecular weight is 726 g/mol. The van der Waals surface area contributed by atoms with Crippen LogP contribution in [-0.2, 0) is 0 Å². The van der Waals surface area contributed by atoms with Crippen LogP contribution in [0.2, 0.25) is 0 Å². The zero-order valence-corrected chi connectivity index (χ0v) is 30.7. The number of para-hydroxylation sites is 4. The minimum Gasteiger partial charge on any atom is -0.309 e. The minimum atomic E-state index is 0.996. The molecular weight excluding hydrogens is 695 g/mol. The van der Waals surface area contributed by atoms with E-state index in [2.05, 4.69) is 197 Å². The monoisotopic (exact) mass is 725 g/mol. The molecule has 0 amide bonds. The Balaban J connectivity index is 0.854. The summed E-state index contributed by atoms with van der Waals surface area (Å²) < 4.78 is 4.73. The van der Waals surface area contributed by atoms with Gasteiger partial charge in [0.25, 0.3) is 0 Å². The standard InChI is InChI=1S/C49H31N3S2/c1-5-16-42-36(10-1)37-11-2-6-17-43(37)51(42)34-24-20-32(21-25-34)46-28-30-48(53-46)40-14-9-15-41(50-40)49-31-29-47(54-49)33-22-26-35(27-23-33)52-44-18-7-3-12-38(44)39-13-4-8-19-45(39)52/h1-31H. The fraction of sp³-hybridized carbons (Fsp3) is 0. The van der Waals surface area contributed by atoms with Crippen molar-refractivity contribution in [3.05, 3.63) is 188 Å². The van der Waals surface area contributed by atoms with E-state index in [1.807, 2.05) is 0 Å². The van der Waals surface area contributed by atoms with Gasteiger partial charge in [0.1, 0.15) is 0 Å². The van der Waals surface area contributed by atoms with Gasteiger partial charge in [0.2, 0.25) is 0 Å². The van der Waals surface area contributed by atoms with Crippen molar-refractivity contribution in [2.45, 2.75) is 0 Å². The predicted octanol–water partition coefficient (Wildman–Crippen LogP) is 14.1. The van der Waals surface area contributed by atoms with E-state index in [0.29, 0.717) is 0 Å². The Kier molecular flexibility index (Phi) is 7.22. The normalized spacial score (nSPS) is 11.7. The van der Waals surface area contributed by atoms with E-state index in [9.17, 15) is 0 Å². The zero-order valence-electron chi connectivity index (χ0n) is 29.1. The highest BCUT2D eigenvalue weighted by Gasteiger charge is 2.15. The van der Waals surface area contributed by atoms with Gasteiger partial charge in [0, 0.05) is 42.7 Å². The molecule has 0 radical (unpaired) electrons. The second-order valence-electron chi connectivity index (χ2n) is 13.6. The Hall–Kier alpha value is -6.53. The number of rotatable bonds is 6. The number of thiophene rings is 2. The highest BCUT2D eigenvalue weighted by molar-refractivity contribution is 7.19. The van der Waals surface area contributed by atoms with Gasteiger partial charge in [-0.05, 0) is 96.1 Å². The molecule has 5 heterocycles. The summed E-state index contributed by atoms with van der Waals surface area (Å²) in [5, 5.41) is 5.11.